The van der Waals surface area contributed by atoms with Crippen LogP contribution in [0.5, 0.6) is 0 Å². The van der Waals surface area contributed by atoms with Crippen LogP contribution in [0.2, 0.25) is 0 Å². The molecule has 4 aliphatic carbocycles. The number of hydrogen-bond donors (Lipinski definition) is 1. The van der Waals surface area contributed by atoms with Crippen molar-refractivity contribution in [3.63, 3.8) is 0 Å². The predicted molar refractivity (Wildman–Crippen MR) is 141 cm³/mol. The topological polar surface area (TPSA) is 92.8 Å². The molecule has 2 aromatic rings. The highest BCUT2D eigenvalue weighted by Gasteiger charge is 2.67. The van der Waals surface area contributed by atoms with Gasteiger partial charge in [0.2, 0.25) is 17.7 Å². The molecule has 1 heterocycles. The van der Waals surface area contributed by atoms with E-state index in [1.807, 2.05) is 37.3 Å². The smallest absolute Gasteiger partial charge is 0.338 e. The van der Waals surface area contributed by atoms with Gasteiger partial charge < -0.3 is 10.1 Å². The quantitative estimate of drug-likeness (QED) is 0.235. The van der Waals surface area contributed by atoms with E-state index in [4.69, 9.17) is 4.74 Å². The van der Waals surface area contributed by atoms with Gasteiger partial charge in [-0.3, -0.25) is 19.3 Å². The van der Waals surface area contributed by atoms with E-state index in [0.29, 0.717) is 29.7 Å². The van der Waals surface area contributed by atoms with E-state index in [0.717, 1.165) is 24.8 Å². The number of esters is 1. The number of hydrogen-bond acceptors (Lipinski definition) is 5. The Morgan fingerprint density at radius 2 is 1.58 bits per heavy atom. The number of likely N-dealkylation sites (tertiary alicyclic amines) is 1. The molecule has 1 aliphatic heterocycles. The van der Waals surface area contributed by atoms with E-state index in [2.05, 4.69) is 17.5 Å². The summed E-state index contributed by atoms with van der Waals surface area (Å²) >= 11 is 0. The van der Waals surface area contributed by atoms with Crippen LogP contribution in [0.4, 0.5) is 5.69 Å². The predicted octanol–water partition coefficient (Wildman–Crippen LogP) is 4.25. The molecule has 2 bridgehead atoms. The first-order valence-electron chi connectivity index (χ1n) is 13.6. The minimum atomic E-state index is -0.961. The van der Waals surface area contributed by atoms with Crippen LogP contribution < -0.4 is 5.32 Å². The second-order valence-electron chi connectivity index (χ2n) is 11.0. The molecule has 196 valence electrons. The van der Waals surface area contributed by atoms with E-state index in [1.54, 1.807) is 24.3 Å². The largest absolute Gasteiger partial charge is 0.462 e. The zero-order chi connectivity index (χ0) is 26.4. The Labute approximate surface area is 222 Å². The number of carbonyl (C=O) groups excluding carboxylic acids is 4. The highest BCUT2D eigenvalue weighted by molar-refractivity contribution is 6.10. The van der Waals surface area contributed by atoms with Gasteiger partial charge in [-0.2, -0.15) is 0 Å². The number of nitrogens with one attached hydrogen (secondary N) is 1. The van der Waals surface area contributed by atoms with E-state index in [1.165, 1.54) is 4.90 Å². The molecule has 7 nitrogen and oxygen atoms in total. The average molecular weight is 513 g/mol. The van der Waals surface area contributed by atoms with Crippen molar-refractivity contribution in [3.05, 3.63) is 77.9 Å². The molecular weight excluding hydrogens is 480 g/mol. The zero-order valence-electron chi connectivity index (χ0n) is 21.4. The summed E-state index contributed by atoms with van der Waals surface area (Å²) in [6, 6.07) is 15.0. The van der Waals surface area contributed by atoms with E-state index in [9.17, 15) is 19.2 Å². The van der Waals surface area contributed by atoms with Gasteiger partial charge in [0, 0.05) is 12.1 Å². The van der Waals surface area contributed by atoms with Crippen LogP contribution in [0.3, 0.4) is 0 Å². The molecule has 7 atom stereocenters. The lowest BCUT2D eigenvalue weighted by Crippen LogP contribution is -2.49. The second kappa shape index (κ2) is 9.86. The maximum atomic E-state index is 13.8. The van der Waals surface area contributed by atoms with Gasteiger partial charge in [-0.25, -0.2) is 4.79 Å². The first-order chi connectivity index (χ1) is 18.5. The minimum Gasteiger partial charge on any atom is -0.462 e. The first kappa shape index (κ1) is 24.6. The van der Waals surface area contributed by atoms with Gasteiger partial charge in [0.1, 0.15) is 6.04 Å². The van der Waals surface area contributed by atoms with E-state index < -0.39 is 17.9 Å². The van der Waals surface area contributed by atoms with Crippen LogP contribution in [-0.4, -0.2) is 41.2 Å². The van der Waals surface area contributed by atoms with Crippen molar-refractivity contribution in [2.24, 2.45) is 35.5 Å². The van der Waals surface area contributed by atoms with E-state index in [-0.39, 0.29) is 41.9 Å². The number of benzene rings is 2. The summed E-state index contributed by atoms with van der Waals surface area (Å²) in [5.41, 5.74) is 1.75. The van der Waals surface area contributed by atoms with Crippen molar-refractivity contribution < 1.29 is 23.9 Å². The molecule has 0 radical (unpaired) electrons. The number of nitrogens with zero attached hydrogens (tertiary/aromatic N) is 1. The molecule has 38 heavy (non-hydrogen) atoms. The fourth-order valence-electron chi connectivity index (χ4n) is 6.73. The Morgan fingerprint density at radius 3 is 2.18 bits per heavy atom. The van der Waals surface area contributed by atoms with Crippen LogP contribution in [0.15, 0.2) is 66.7 Å². The van der Waals surface area contributed by atoms with Gasteiger partial charge in [-0.15, -0.1) is 0 Å². The second-order valence-corrected chi connectivity index (χ2v) is 11.0. The molecule has 7 unspecified atom stereocenters. The zero-order valence-corrected chi connectivity index (χ0v) is 21.4. The van der Waals surface area contributed by atoms with Gasteiger partial charge in [0.05, 0.1) is 24.0 Å². The molecule has 2 aromatic carbocycles. The van der Waals surface area contributed by atoms with Gasteiger partial charge in [-0.05, 0) is 66.3 Å². The van der Waals surface area contributed by atoms with Gasteiger partial charge in [0.25, 0.3) is 0 Å². The average Bonchev–Trinajstić information content (AvgIpc) is 3.72. The van der Waals surface area contributed by atoms with Crippen molar-refractivity contribution in [1.82, 2.24) is 4.90 Å². The van der Waals surface area contributed by atoms with Gasteiger partial charge in [-0.1, -0.05) is 55.8 Å². The SMILES string of the molecule is CCCCOC(=O)c1ccc(NC(=O)C(Cc2ccccc2)N2C(=O)C3C4C=CC(C5CC45)C3C2=O)cc1. The Kier molecular flexibility index (Phi) is 6.38. The molecule has 7 rings (SSSR count). The lowest BCUT2D eigenvalue weighted by molar-refractivity contribution is -0.146. The normalized spacial score (nSPS) is 29.0. The lowest BCUT2D eigenvalue weighted by atomic mass is 9.63. The summed E-state index contributed by atoms with van der Waals surface area (Å²) in [7, 11) is 0. The Balaban J connectivity index is 1.22. The highest BCUT2D eigenvalue weighted by atomic mass is 16.5. The third-order valence-electron chi connectivity index (χ3n) is 8.70. The fourth-order valence-corrected chi connectivity index (χ4v) is 6.73. The van der Waals surface area contributed by atoms with Crippen molar-refractivity contribution in [1.29, 1.82) is 0 Å². The highest BCUT2D eigenvalue weighted by Crippen LogP contribution is 2.65. The number of imide groups is 1. The maximum absolute atomic E-state index is 13.8. The number of anilines is 1. The van der Waals surface area contributed by atoms with Crippen molar-refractivity contribution in [2.45, 2.75) is 38.6 Å². The maximum Gasteiger partial charge on any atom is 0.338 e. The van der Waals surface area contributed by atoms with Crippen LogP contribution in [0.25, 0.3) is 0 Å². The molecule has 7 heteroatoms. The molecule has 2 saturated carbocycles. The number of allylic oxidation sites excluding steroid dienone is 2. The molecule has 5 aliphatic rings. The number of rotatable bonds is 9. The van der Waals surface area contributed by atoms with E-state index >= 15 is 0 Å². The summed E-state index contributed by atoms with van der Waals surface area (Å²) in [6.07, 6.45) is 7.33. The third kappa shape index (κ3) is 4.24. The number of ether oxygens (including phenoxy) is 1. The standard InChI is InChI=1S/C31H32N2O5/c1-2-3-15-38-31(37)19-9-11-20(12-10-19)32-28(34)25(16-18-7-5-4-6-8-18)33-29(35)26-21-13-14-22(24-17-23(21)24)27(26)30(33)36/h4-14,21-27H,2-3,15-17H2,1H3,(H,32,34). The minimum absolute atomic E-state index is 0.0986. The Bertz CT molecular complexity index is 1250. The number of amides is 3. The Hall–Kier alpha value is -3.74. The number of unbranched alkanes of at least 4 members (excludes halogenated alkanes) is 1. The summed E-state index contributed by atoms with van der Waals surface area (Å²) in [5, 5.41) is 2.88. The molecule has 3 amide bonds. The number of carbonyl (C=O) groups is 4. The Morgan fingerprint density at radius 1 is 0.947 bits per heavy atom. The van der Waals surface area contributed by atoms with Crippen molar-refractivity contribution in [3.8, 4) is 0 Å². The van der Waals surface area contributed by atoms with Gasteiger partial charge in [0.15, 0.2) is 0 Å². The van der Waals surface area contributed by atoms with Crippen LogP contribution >= 0.6 is 0 Å². The third-order valence-corrected chi connectivity index (χ3v) is 8.70. The molecule has 0 aromatic heterocycles. The molecule has 3 fully saturated rings. The summed E-state index contributed by atoms with van der Waals surface area (Å²) in [6.45, 7) is 2.39. The van der Waals surface area contributed by atoms with Crippen molar-refractivity contribution in [2.75, 3.05) is 11.9 Å². The monoisotopic (exact) mass is 512 g/mol. The lowest BCUT2D eigenvalue weighted by Gasteiger charge is -2.37. The summed E-state index contributed by atoms with van der Waals surface area (Å²) < 4.78 is 5.25. The van der Waals surface area contributed by atoms with Crippen molar-refractivity contribution >= 4 is 29.4 Å². The molecule has 1 saturated heterocycles. The van der Waals surface area contributed by atoms with Gasteiger partial charge >= 0.3 is 5.97 Å². The summed E-state index contributed by atoms with van der Waals surface area (Å²) in [4.78, 5) is 54.7. The summed E-state index contributed by atoms with van der Waals surface area (Å²) in [5.74, 6) is -0.781. The molecule has 0 spiro atoms. The first-order valence-corrected chi connectivity index (χ1v) is 13.6. The van der Waals surface area contributed by atoms with Crippen LogP contribution in [0.1, 0.15) is 42.1 Å². The molecular formula is C31H32N2O5. The van der Waals surface area contributed by atoms with Crippen LogP contribution in [0, 0.1) is 35.5 Å². The fraction of sp³-hybridized carbons (Fsp3) is 0.419. The van der Waals surface area contributed by atoms with Crippen LogP contribution in [-0.2, 0) is 25.5 Å². The molecule has 1 N–H and O–H groups in total.